The van der Waals surface area contributed by atoms with E-state index in [9.17, 15) is 4.79 Å². The SMILES string of the molecule is CCC1CC(c2c[nH]c3ncc(-c4ccc(CN5CCOCC5)s4)cc23)=CCN1C(=O)NC(C)C. The highest BCUT2D eigenvalue weighted by atomic mass is 32.1. The van der Waals surface area contributed by atoms with E-state index in [2.05, 4.69) is 52.6 Å². The highest BCUT2D eigenvalue weighted by Gasteiger charge is 2.28. The van der Waals surface area contributed by atoms with E-state index >= 15 is 0 Å². The van der Waals surface area contributed by atoms with E-state index < -0.39 is 0 Å². The molecule has 186 valence electrons. The maximum Gasteiger partial charge on any atom is 0.318 e. The minimum atomic E-state index is 0.0237. The second kappa shape index (κ2) is 10.5. The average molecular weight is 494 g/mol. The Balaban J connectivity index is 1.37. The Morgan fingerprint density at radius 1 is 1.31 bits per heavy atom. The summed E-state index contributed by atoms with van der Waals surface area (Å²) < 4.78 is 5.48. The van der Waals surface area contributed by atoms with Gasteiger partial charge in [-0.25, -0.2) is 9.78 Å². The van der Waals surface area contributed by atoms with Gasteiger partial charge in [0.05, 0.1) is 13.2 Å². The van der Waals surface area contributed by atoms with Crippen molar-refractivity contribution < 1.29 is 9.53 Å². The summed E-state index contributed by atoms with van der Waals surface area (Å²) in [7, 11) is 0. The van der Waals surface area contributed by atoms with Gasteiger partial charge in [-0.15, -0.1) is 11.3 Å². The van der Waals surface area contributed by atoms with Crippen molar-refractivity contribution in [1.82, 2.24) is 25.1 Å². The van der Waals surface area contributed by atoms with Crippen LogP contribution in [0.1, 0.15) is 44.1 Å². The van der Waals surface area contributed by atoms with Crippen molar-refractivity contribution >= 4 is 34.0 Å². The van der Waals surface area contributed by atoms with Crippen LogP contribution in [0.4, 0.5) is 4.79 Å². The number of nitrogens with one attached hydrogen (secondary N) is 2. The molecule has 8 heteroatoms. The van der Waals surface area contributed by atoms with Gasteiger partial charge in [-0.3, -0.25) is 4.90 Å². The summed E-state index contributed by atoms with van der Waals surface area (Å²) in [5.74, 6) is 0. The number of H-pyrrole nitrogens is 1. The van der Waals surface area contributed by atoms with Crippen LogP contribution < -0.4 is 5.32 Å². The molecule has 3 aromatic heterocycles. The van der Waals surface area contributed by atoms with Gasteiger partial charge in [-0.05, 0) is 50.5 Å². The van der Waals surface area contributed by atoms with Gasteiger partial charge < -0.3 is 19.9 Å². The van der Waals surface area contributed by atoms with E-state index in [1.165, 1.54) is 20.9 Å². The molecule has 2 N–H and O–H groups in total. The molecule has 0 spiro atoms. The summed E-state index contributed by atoms with van der Waals surface area (Å²) in [6.45, 7) is 11.4. The van der Waals surface area contributed by atoms with Gasteiger partial charge in [0.2, 0.25) is 0 Å². The zero-order valence-corrected chi connectivity index (χ0v) is 21.7. The number of aromatic nitrogens is 2. The molecule has 5 heterocycles. The minimum absolute atomic E-state index is 0.0237. The lowest BCUT2D eigenvalue weighted by molar-refractivity contribution is 0.0346. The third kappa shape index (κ3) is 5.29. The standard InChI is InChI=1S/C27H35N5O2S/c1-4-21-13-19(7-8-32(21)27(33)30-18(2)3)24-16-29-26-23(24)14-20(15-28-26)25-6-5-22(35-25)17-31-9-11-34-12-10-31/h5-7,14-16,18,21H,4,8-13,17H2,1-3H3,(H,28,29)(H,30,33). The number of hydrogen-bond acceptors (Lipinski definition) is 5. The molecule has 1 unspecified atom stereocenters. The molecule has 0 saturated carbocycles. The van der Waals surface area contributed by atoms with Crippen molar-refractivity contribution in [3.05, 3.63) is 47.1 Å². The molecular weight excluding hydrogens is 458 g/mol. The number of pyridine rings is 1. The van der Waals surface area contributed by atoms with Gasteiger partial charge in [0.1, 0.15) is 5.65 Å². The Kier molecular flexibility index (Phi) is 7.22. The predicted molar refractivity (Wildman–Crippen MR) is 143 cm³/mol. The van der Waals surface area contributed by atoms with Crippen molar-refractivity contribution in [3.63, 3.8) is 0 Å². The molecule has 1 fully saturated rings. The van der Waals surface area contributed by atoms with Crippen molar-refractivity contribution in [2.75, 3.05) is 32.8 Å². The number of nitrogens with zero attached hydrogens (tertiary/aromatic N) is 3. The summed E-state index contributed by atoms with van der Waals surface area (Å²) in [5, 5.41) is 4.19. The predicted octanol–water partition coefficient (Wildman–Crippen LogP) is 5.11. The van der Waals surface area contributed by atoms with E-state index in [0.717, 1.165) is 62.3 Å². The topological polar surface area (TPSA) is 73.5 Å². The van der Waals surface area contributed by atoms with Crippen LogP contribution in [-0.2, 0) is 11.3 Å². The first kappa shape index (κ1) is 24.0. The van der Waals surface area contributed by atoms with Gasteiger partial charge >= 0.3 is 6.03 Å². The van der Waals surface area contributed by atoms with Gasteiger partial charge in [0.15, 0.2) is 0 Å². The Morgan fingerprint density at radius 2 is 2.14 bits per heavy atom. The molecule has 1 saturated heterocycles. The van der Waals surface area contributed by atoms with E-state index in [4.69, 9.17) is 9.72 Å². The van der Waals surface area contributed by atoms with Gasteiger partial charge in [0, 0.05) is 76.9 Å². The number of fused-ring (bicyclic) bond motifs is 1. The highest BCUT2D eigenvalue weighted by molar-refractivity contribution is 7.15. The molecule has 2 aliphatic rings. The summed E-state index contributed by atoms with van der Waals surface area (Å²) in [6.07, 6.45) is 8.02. The second-order valence-corrected chi connectivity index (χ2v) is 10.9. The zero-order chi connectivity index (χ0) is 24.4. The Hall–Kier alpha value is -2.68. The third-order valence-corrected chi connectivity index (χ3v) is 8.00. The number of aromatic amines is 1. The van der Waals surface area contributed by atoms with Crippen LogP contribution in [0.15, 0.2) is 36.7 Å². The van der Waals surface area contributed by atoms with E-state index in [1.807, 2.05) is 36.3 Å². The largest absolute Gasteiger partial charge is 0.379 e. The third-order valence-electron chi connectivity index (χ3n) is 6.88. The van der Waals surface area contributed by atoms with Crippen LogP contribution >= 0.6 is 11.3 Å². The summed E-state index contributed by atoms with van der Waals surface area (Å²) in [5.41, 5.74) is 4.54. The first-order valence-electron chi connectivity index (χ1n) is 12.6. The molecule has 3 aromatic rings. The van der Waals surface area contributed by atoms with Crippen LogP contribution in [-0.4, -0.2) is 70.7 Å². The second-order valence-electron chi connectivity index (χ2n) is 9.73. The van der Waals surface area contributed by atoms with Crippen molar-refractivity contribution in [2.24, 2.45) is 0 Å². The monoisotopic (exact) mass is 493 g/mol. The molecule has 0 radical (unpaired) electrons. The smallest absolute Gasteiger partial charge is 0.318 e. The Morgan fingerprint density at radius 3 is 2.91 bits per heavy atom. The maximum absolute atomic E-state index is 12.7. The first-order valence-corrected chi connectivity index (χ1v) is 13.5. The van der Waals surface area contributed by atoms with Crippen LogP contribution in [0.5, 0.6) is 0 Å². The fraction of sp³-hybridized carbons (Fsp3) is 0.481. The summed E-state index contributed by atoms with van der Waals surface area (Å²) >= 11 is 1.85. The van der Waals surface area contributed by atoms with Gasteiger partial charge in [0.25, 0.3) is 0 Å². The molecular formula is C27H35N5O2S. The summed E-state index contributed by atoms with van der Waals surface area (Å²) in [4.78, 5) is 27.8. The van der Waals surface area contributed by atoms with E-state index in [-0.39, 0.29) is 18.1 Å². The number of morpholine rings is 1. The number of amides is 2. The Labute approximate surface area is 211 Å². The molecule has 5 rings (SSSR count). The average Bonchev–Trinajstić information content (AvgIpc) is 3.50. The van der Waals surface area contributed by atoms with Gasteiger partial charge in [-0.1, -0.05) is 13.0 Å². The summed E-state index contributed by atoms with van der Waals surface area (Å²) in [6, 6.07) is 7.07. The number of hydrogen-bond donors (Lipinski definition) is 2. The maximum atomic E-state index is 12.7. The van der Waals surface area contributed by atoms with Crippen LogP contribution in [0.25, 0.3) is 27.0 Å². The molecule has 0 aliphatic carbocycles. The van der Waals surface area contributed by atoms with Crippen molar-refractivity contribution in [2.45, 2.75) is 52.2 Å². The number of carbonyl (C=O) groups excluding carboxylic acids is 1. The van der Waals surface area contributed by atoms with Crippen LogP contribution in [0, 0.1) is 0 Å². The fourth-order valence-corrected chi connectivity index (χ4v) is 6.00. The molecule has 0 aromatic carbocycles. The molecule has 1 atom stereocenters. The lowest BCUT2D eigenvalue weighted by atomic mass is 9.92. The van der Waals surface area contributed by atoms with Crippen LogP contribution in [0.3, 0.4) is 0 Å². The van der Waals surface area contributed by atoms with E-state index in [1.54, 1.807) is 0 Å². The number of thiophene rings is 1. The van der Waals surface area contributed by atoms with E-state index in [0.29, 0.717) is 6.54 Å². The van der Waals surface area contributed by atoms with Gasteiger partial charge in [-0.2, -0.15) is 0 Å². The first-order chi connectivity index (χ1) is 17.0. The quantitative estimate of drug-likeness (QED) is 0.501. The fourth-order valence-electron chi connectivity index (χ4n) is 4.97. The Bertz CT molecular complexity index is 1210. The highest BCUT2D eigenvalue weighted by Crippen LogP contribution is 2.35. The normalized spacial score (nSPS) is 19.4. The zero-order valence-electron chi connectivity index (χ0n) is 20.8. The molecule has 2 aliphatic heterocycles. The number of carbonyl (C=O) groups is 1. The molecule has 2 amide bonds. The number of urea groups is 1. The lowest BCUT2D eigenvalue weighted by Crippen LogP contribution is -2.49. The van der Waals surface area contributed by atoms with Crippen molar-refractivity contribution in [3.8, 4) is 10.4 Å². The van der Waals surface area contributed by atoms with Crippen molar-refractivity contribution in [1.29, 1.82) is 0 Å². The number of ether oxygens (including phenoxy) is 1. The molecule has 7 nitrogen and oxygen atoms in total. The minimum Gasteiger partial charge on any atom is -0.379 e. The lowest BCUT2D eigenvalue weighted by Gasteiger charge is -2.35. The number of rotatable bonds is 6. The van der Waals surface area contributed by atoms with Crippen LogP contribution in [0.2, 0.25) is 0 Å². The molecule has 0 bridgehead atoms. The molecule has 35 heavy (non-hydrogen) atoms.